The molecular weight excluding hydrogens is 346 g/mol. The van der Waals surface area contributed by atoms with Crippen molar-refractivity contribution in [2.75, 3.05) is 0 Å². The topological polar surface area (TPSA) is 37.4 Å². The fourth-order valence-corrected chi connectivity index (χ4v) is 6.73. The molecule has 1 fully saturated rings. The van der Waals surface area contributed by atoms with Crippen molar-refractivity contribution in [2.45, 2.75) is 43.1 Å². The molecule has 0 N–H and O–H groups in total. The first kappa shape index (κ1) is 15.5. The highest BCUT2D eigenvalue weighted by Gasteiger charge is 2.40. The van der Waals surface area contributed by atoms with Crippen molar-refractivity contribution in [3.8, 4) is 0 Å². The fraction of sp³-hybridized carbons (Fsp3) is 0.429. The average molecular weight is 362 g/mol. The molecular formula is C14H16ClNO2S3. The van der Waals surface area contributed by atoms with Crippen LogP contribution in [0.3, 0.4) is 0 Å². The molecule has 7 heteroatoms. The number of hydrogen-bond donors (Lipinski definition) is 0. The molecule has 2 heterocycles. The number of halogens is 1. The molecule has 21 heavy (non-hydrogen) atoms. The predicted molar refractivity (Wildman–Crippen MR) is 88.7 cm³/mol. The van der Waals surface area contributed by atoms with Gasteiger partial charge in [-0.1, -0.05) is 0 Å². The van der Waals surface area contributed by atoms with Gasteiger partial charge < -0.3 is 0 Å². The van der Waals surface area contributed by atoms with Crippen LogP contribution in [0.1, 0.15) is 28.8 Å². The second-order valence-electron chi connectivity index (χ2n) is 5.22. The SMILES string of the molecule is Cc1csc(CCl)c1S(=O)(=O)N(Cc1ccsc1)C1CC1. The van der Waals surface area contributed by atoms with E-state index in [1.807, 2.05) is 29.1 Å². The first-order valence-electron chi connectivity index (χ1n) is 6.70. The lowest BCUT2D eigenvalue weighted by Crippen LogP contribution is -2.33. The Morgan fingerprint density at radius 3 is 2.71 bits per heavy atom. The lowest BCUT2D eigenvalue weighted by atomic mass is 10.3. The second kappa shape index (κ2) is 6.01. The van der Waals surface area contributed by atoms with Crippen molar-refractivity contribution in [3.63, 3.8) is 0 Å². The van der Waals surface area contributed by atoms with Crippen LogP contribution in [0.5, 0.6) is 0 Å². The Morgan fingerprint density at radius 2 is 2.14 bits per heavy atom. The Kier molecular flexibility index (Phi) is 4.43. The molecule has 0 atom stereocenters. The maximum Gasteiger partial charge on any atom is 0.245 e. The van der Waals surface area contributed by atoms with Gasteiger partial charge in [-0.05, 0) is 53.1 Å². The van der Waals surface area contributed by atoms with Crippen LogP contribution in [0.4, 0.5) is 0 Å². The summed E-state index contributed by atoms with van der Waals surface area (Å²) < 4.78 is 27.8. The van der Waals surface area contributed by atoms with Crippen molar-refractivity contribution < 1.29 is 8.42 Å². The molecule has 0 bridgehead atoms. The van der Waals surface area contributed by atoms with Gasteiger partial charge >= 0.3 is 0 Å². The van der Waals surface area contributed by atoms with Gasteiger partial charge in [-0.3, -0.25) is 0 Å². The maximum atomic E-state index is 13.1. The van der Waals surface area contributed by atoms with Crippen LogP contribution in [-0.4, -0.2) is 18.8 Å². The zero-order chi connectivity index (χ0) is 15.0. The molecule has 0 unspecified atom stereocenters. The summed E-state index contributed by atoms with van der Waals surface area (Å²) in [5.74, 6) is 0.240. The van der Waals surface area contributed by atoms with Gasteiger partial charge in [-0.15, -0.1) is 22.9 Å². The van der Waals surface area contributed by atoms with E-state index in [0.717, 1.165) is 28.8 Å². The summed E-state index contributed by atoms with van der Waals surface area (Å²) in [4.78, 5) is 1.16. The number of hydrogen-bond acceptors (Lipinski definition) is 4. The van der Waals surface area contributed by atoms with E-state index in [1.54, 1.807) is 15.6 Å². The van der Waals surface area contributed by atoms with Crippen molar-refractivity contribution in [3.05, 3.63) is 38.2 Å². The Bertz CT molecular complexity index is 717. The molecule has 0 aliphatic heterocycles. The molecule has 3 nitrogen and oxygen atoms in total. The standard InChI is InChI=1S/C14H16ClNO2S3/c1-10-8-20-13(6-15)14(10)21(17,18)16(12-2-3-12)7-11-4-5-19-9-11/h4-5,8-9,12H,2-3,6-7H2,1H3. The Hall–Kier alpha value is -0.400. The Labute approximate surface area is 138 Å². The summed E-state index contributed by atoms with van der Waals surface area (Å²) in [6.07, 6.45) is 1.89. The van der Waals surface area contributed by atoms with Crippen LogP contribution in [0.2, 0.25) is 0 Å². The van der Waals surface area contributed by atoms with Gasteiger partial charge in [-0.25, -0.2) is 8.42 Å². The zero-order valence-corrected chi connectivity index (χ0v) is 14.8. The summed E-state index contributed by atoms with van der Waals surface area (Å²) in [5, 5.41) is 5.86. The van der Waals surface area contributed by atoms with Crippen molar-refractivity contribution >= 4 is 44.3 Å². The molecule has 1 saturated carbocycles. The zero-order valence-electron chi connectivity index (χ0n) is 11.6. The van der Waals surface area contributed by atoms with E-state index in [0.29, 0.717) is 11.4 Å². The Balaban J connectivity index is 1.99. The number of thiophene rings is 2. The molecule has 0 saturated heterocycles. The third kappa shape index (κ3) is 3.05. The molecule has 1 aliphatic rings. The molecule has 0 aromatic carbocycles. The third-order valence-electron chi connectivity index (χ3n) is 3.55. The van der Waals surface area contributed by atoms with Gasteiger partial charge in [0.2, 0.25) is 10.0 Å². The first-order chi connectivity index (χ1) is 10.0. The minimum absolute atomic E-state index is 0.136. The number of sulfonamides is 1. The van der Waals surface area contributed by atoms with Crippen molar-refractivity contribution in [2.24, 2.45) is 0 Å². The van der Waals surface area contributed by atoms with E-state index in [4.69, 9.17) is 11.6 Å². The Morgan fingerprint density at radius 1 is 1.38 bits per heavy atom. The molecule has 0 amide bonds. The van der Waals surface area contributed by atoms with Gasteiger partial charge in [0.15, 0.2) is 0 Å². The van der Waals surface area contributed by atoms with Crippen LogP contribution in [0.15, 0.2) is 27.1 Å². The molecule has 3 rings (SSSR count). The largest absolute Gasteiger partial charge is 0.245 e. The molecule has 2 aromatic heterocycles. The summed E-state index contributed by atoms with van der Waals surface area (Å²) in [6, 6.07) is 2.12. The quantitative estimate of drug-likeness (QED) is 0.723. The normalized spacial score (nSPS) is 15.8. The van der Waals surface area contributed by atoms with E-state index >= 15 is 0 Å². The summed E-state index contributed by atoms with van der Waals surface area (Å²) in [6.45, 7) is 2.29. The van der Waals surface area contributed by atoms with Gasteiger partial charge in [0, 0.05) is 17.5 Å². The number of rotatable bonds is 6. The number of alkyl halides is 1. The lowest BCUT2D eigenvalue weighted by Gasteiger charge is -2.22. The summed E-state index contributed by atoms with van der Waals surface area (Å²) in [7, 11) is -3.48. The van der Waals surface area contributed by atoms with E-state index < -0.39 is 10.0 Å². The van der Waals surface area contributed by atoms with Gasteiger partial charge in [-0.2, -0.15) is 15.6 Å². The van der Waals surface area contributed by atoms with E-state index in [9.17, 15) is 8.42 Å². The van der Waals surface area contributed by atoms with Crippen LogP contribution in [0.25, 0.3) is 0 Å². The predicted octanol–water partition coefficient (Wildman–Crippen LogP) is 4.21. The monoisotopic (exact) mass is 361 g/mol. The van der Waals surface area contributed by atoms with E-state index in [1.165, 1.54) is 11.3 Å². The highest BCUT2D eigenvalue weighted by atomic mass is 35.5. The third-order valence-corrected chi connectivity index (χ3v) is 8.07. The molecule has 1 aliphatic carbocycles. The van der Waals surface area contributed by atoms with Gasteiger partial charge in [0.25, 0.3) is 0 Å². The fourth-order valence-electron chi connectivity index (χ4n) is 2.38. The minimum atomic E-state index is -3.48. The highest BCUT2D eigenvalue weighted by Crippen LogP contribution is 2.37. The van der Waals surface area contributed by atoms with Crippen LogP contribution >= 0.6 is 34.3 Å². The molecule has 0 radical (unpaired) electrons. The second-order valence-corrected chi connectivity index (χ2v) is 9.06. The summed E-state index contributed by atoms with van der Waals surface area (Å²) in [5.41, 5.74) is 1.85. The number of aryl methyl sites for hydroxylation is 1. The minimum Gasteiger partial charge on any atom is -0.207 e. The van der Waals surface area contributed by atoms with Gasteiger partial charge in [0.1, 0.15) is 4.90 Å². The smallest absolute Gasteiger partial charge is 0.207 e. The van der Waals surface area contributed by atoms with Crippen molar-refractivity contribution in [1.82, 2.24) is 4.31 Å². The van der Waals surface area contributed by atoms with Crippen LogP contribution in [0, 0.1) is 6.92 Å². The van der Waals surface area contributed by atoms with E-state index in [2.05, 4.69) is 0 Å². The molecule has 2 aromatic rings. The van der Waals surface area contributed by atoms with Crippen LogP contribution < -0.4 is 0 Å². The van der Waals surface area contributed by atoms with E-state index in [-0.39, 0.29) is 11.9 Å². The maximum absolute atomic E-state index is 13.1. The van der Waals surface area contributed by atoms with Gasteiger partial charge in [0.05, 0.1) is 5.88 Å². The molecule has 114 valence electrons. The van der Waals surface area contributed by atoms with Crippen molar-refractivity contribution in [1.29, 1.82) is 0 Å². The van der Waals surface area contributed by atoms with Crippen LogP contribution in [-0.2, 0) is 22.4 Å². The lowest BCUT2D eigenvalue weighted by molar-refractivity contribution is 0.398. The number of nitrogens with zero attached hydrogens (tertiary/aromatic N) is 1. The highest BCUT2D eigenvalue weighted by molar-refractivity contribution is 7.89. The average Bonchev–Trinajstić information content (AvgIpc) is 3.00. The first-order valence-corrected chi connectivity index (χ1v) is 10.5. The summed E-state index contributed by atoms with van der Waals surface area (Å²) >= 11 is 8.94. The molecule has 0 spiro atoms.